The molecule has 2 aromatic heterocycles. The Labute approximate surface area is 197 Å². The van der Waals surface area contributed by atoms with Crippen molar-refractivity contribution in [3.8, 4) is 6.07 Å². The predicted octanol–water partition coefficient (Wildman–Crippen LogP) is 7.55. The molecule has 0 N–H and O–H groups in total. The summed E-state index contributed by atoms with van der Waals surface area (Å²) in [7, 11) is 0. The van der Waals surface area contributed by atoms with Crippen LogP contribution < -0.4 is 0 Å². The molecule has 0 amide bonds. The first-order chi connectivity index (χ1) is 16.7. The molecule has 0 radical (unpaired) electrons. The van der Waals surface area contributed by atoms with Crippen LogP contribution in [0.15, 0.2) is 84.9 Å². The van der Waals surface area contributed by atoms with Gasteiger partial charge in [-0.15, -0.1) is 0 Å². The highest BCUT2D eigenvalue weighted by molar-refractivity contribution is 6.03. The van der Waals surface area contributed by atoms with E-state index in [0.717, 1.165) is 44.3 Å². The van der Waals surface area contributed by atoms with Crippen LogP contribution in [0, 0.1) is 17.9 Å². The van der Waals surface area contributed by atoms with Crippen molar-refractivity contribution in [1.82, 2.24) is 9.97 Å². The Morgan fingerprint density at radius 2 is 1.09 bits per heavy atom. The molecule has 34 heavy (non-hydrogen) atoms. The molecule has 0 unspecified atom stereocenters. The van der Waals surface area contributed by atoms with Gasteiger partial charge in [-0.3, -0.25) is 0 Å². The number of rotatable bonds is 4. The summed E-state index contributed by atoms with van der Waals surface area (Å²) in [6, 6.07) is 29.3. The monoisotopic (exact) mass is 434 g/mol. The van der Waals surface area contributed by atoms with E-state index < -0.39 is 0 Å². The lowest BCUT2D eigenvalue weighted by Crippen LogP contribution is -1.90. The first kappa shape index (κ1) is 20.8. The average molecular weight is 435 g/mol. The molecule has 0 bridgehead atoms. The van der Waals surface area contributed by atoms with E-state index in [1.165, 1.54) is 0 Å². The Kier molecular flexibility index (Phi) is 5.64. The standard InChI is InChI=1S/C30H18N4/c1-32-26-14-6-22(7-15-26)9-17-28-19-13-25-11-10-24-12-18-27(33-29(24)30(25)34-28)16-8-21-2-4-23(20-31)5-3-21/h2-19H. The van der Waals surface area contributed by atoms with Gasteiger partial charge in [0.1, 0.15) is 0 Å². The van der Waals surface area contributed by atoms with Crippen molar-refractivity contribution < 1.29 is 0 Å². The molecule has 0 aliphatic rings. The van der Waals surface area contributed by atoms with Crippen LogP contribution in [0.25, 0.3) is 51.0 Å². The van der Waals surface area contributed by atoms with E-state index in [0.29, 0.717) is 11.3 Å². The number of pyridine rings is 2. The van der Waals surface area contributed by atoms with E-state index in [4.69, 9.17) is 21.8 Å². The molecule has 5 aromatic rings. The number of nitriles is 1. The highest BCUT2D eigenvalue weighted by Gasteiger charge is 2.05. The third kappa shape index (κ3) is 4.43. The molecule has 4 heteroatoms. The molecular weight excluding hydrogens is 416 g/mol. The summed E-state index contributed by atoms with van der Waals surface area (Å²) >= 11 is 0. The zero-order chi connectivity index (χ0) is 23.3. The van der Waals surface area contributed by atoms with Crippen LogP contribution in [0.5, 0.6) is 0 Å². The Balaban J connectivity index is 1.48. The van der Waals surface area contributed by atoms with E-state index in [1.807, 2.05) is 72.8 Å². The van der Waals surface area contributed by atoms with Gasteiger partial charge in [0.15, 0.2) is 5.69 Å². The summed E-state index contributed by atoms with van der Waals surface area (Å²) in [6.45, 7) is 7.07. The Morgan fingerprint density at radius 1 is 0.618 bits per heavy atom. The number of fused-ring (bicyclic) bond motifs is 3. The second-order valence-corrected chi connectivity index (χ2v) is 7.79. The molecule has 0 aliphatic heterocycles. The third-order valence-electron chi connectivity index (χ3n) is 5.52. The fourth-order valence-electron chi connectivity index (χ4n) is 3.68. The quantitative estimate of drug-likeness (QED) is 0.217. The van der Waals surface area contributed by atoms with E-state index in [1.54, 1.807) is 12.1 Å². The molecule has 0 fully saturated rings. The van der Waals surface area contributed by atoms with Crippen LogP contribution in [-0.4, -0.2) is 9.97 Å². The Bertz CT molecular complexity index is 1520. The van der Waals surface area contributed by atoms with Gasteiger partial charge < -0.3 is 0 Å². The van der Waals surface area contributed by atoms with Crippen LogP contribution in [0.4, 0.5) is 5.69 Å². The van der Waals surface area contributed by atoms with Gasteiger partial charge in [-0.1, -0.05) is 72.8 Å². The summed E-state index contributed by atoms with van der Waals surface area (Å²) < 4.78 is 0. The zero-order valence-corrected chi connectivity index (χ0v) is 18.2. The largest absolute Gasteiger partial charge is 0.246 e. The molecule has 4 nitrogen and oxygen atoms in total. The lowest BCUT2D eigenvalue weighted by molar-refractivity contribution is 1.34. The van der Waals surface area contributed by atoms with Crippen molar-refractivity contribution in [2.75, 3.05) is 0 Å². The molecule has 0 atom stereocenters. The van der Waals surface area contributed by atoms with Gasteiger partial charge in [-0.05, 0) is 47.5 Å². The maximum atomic E-state index is 8.96. The molecule has 2 heterocycles. The number of aromatic nitrogens is 2. The number of nitrogens with zero attached hydrogens (tertiary/aromatic N) is 4. The van der Waals surface area contributed by atoms with E-state index in [2.05, 4.69) is 35.2 Å². The van der Waals surface area contributed by atoms with Gasteiger partial charge in [0.05, 0.1) is 40.6 Å². The van der Waals surface area contributed by atoms with Gasteiger partial charge >= 0.3 is 0 Å². The van der Waals surface area contributed by atoms with Crippen molar-refractivity contribution in [2.45, 2.75) is 0 Å². The minimum absolute atomic E-state index is 0.627. The second-order valence-electron chi connectivity index (χ2n) is 7.79. The molecular formula is C30H18N4. The summed E-state index contributed by atoms with van der Waals surface area (Å²) in [5.74, 6) is 0. The van der Waals surface area contributed by atoms with Gasteiger partial charge in [0.2, 0.25) is 0 Å². The lowest BCUT2D eigenvalue weighted by Gasteiger charge is -2.05. The molecule has 0 spiro atoms. The van der Waals surface area contributed by atoms with Gasteiger partial charge in [0, 0.05) is 10.8 Å². The van der Waals surface area contributed by atoms with E-state index in [9.17, 15) is 0 Å². The highest BCUT2D eigenvalue weighted by atomic mass is 14.8. The van der Waals surface area contributed by atoms with E-state index in [-0.39, 0.29) is 0 Å². The van der Waals surface area contributed by atoms with Crippen molar-refractivity contribution in [3.63, 3.8) is 0 Å². The molecule has 158 valence electrons. The first-order valence-electron chi connectivity index (χ1n) is 10.8. The highest BCUT2D eigenvalue weighted by Crippen LogP contribution is 2.24. The van der Waals surface area contributed by atoms with Crippen LogP contribution in [-0.2, 0) is 0 Å². The van der Waals surface area contributed by atoms with Crippen molar-refractivity contribution in [3.05, 3.63) is 124 Å². The SMILES string of the molecule is [C-]#[N+]c1ccc(C=Cc2ccc3ccc4ccc(C=Cc5ccc(C#N)cc5)nc4c3n2)cc1. The van der Waals surface area contributed by atoms with E-state index >= 15 is 0 Å². The number of hydrogen-bond donors (Lipinski definition) is 0. The molecule has 0 saturated heterocycles. The molecule has 0 aliphatic carbocycles. The summed E-state index contributed by atoms with van der Waals surface area (Å²) in [5.41, 5.74) is 6.69. The van der Waals surface area contributed by atoms with Crippen molar-refractivity contribution in [2.24, 2.45) is 0 Å². The summed E-state index contributed by atoms with van der Waals surface area (Å²) in [4.78, 5) is 13.2. The van der Waals surface area contributed by atoms with Crippen molar-refractivity contribution in [1.29, 1.82) is 5.26 Å². The summed E-state index contributed by atoms with van der Waals surface area (Å²) in [6.07, 6.45) is 7.92. The predicted molar refractivity (Wildman–Crippen MR) is 139 cm³/mol. The van der Waals surface area contributed by atoms with Gasteiger partial charge in [-0.25, -0.2) is 14.8 Å². The Hall–Kier alpha value is -5.06. The smallest absolute Gasteiger partial charge is 0.187 e. The van der Waals surface area contributed by atoms with Gasteiger partial charge in [-0.2, -0.15) is 5.26 Å². The topological polar surface area (TPSA) is 53.9 Å². The first-order valence-corrected chi connectivity index (χ1v) is 10.8. The van der Waals surface area contributed by atoms with Crippen LogP contribution in [0.1, 0.15) is 28.1 Å². The lowest BCUT2D eigenvalue weighted by atomic mass is 10.1. The second kappa shape index (κ2) is 9.20. The minimum Gasteiger partial charge on any atom is -0.246 e. The summed E-state index contributed by atoms with van der Waals surface area (Å²) in [5, 5.41) is 11.0. The van der Waals surface area contributed by atoms with Crippen LogP contribution in [0.2, 0.25) is 0 Å². The van der Waals surface area contributed by atoms with Crippen LogP contribution in [0.3, 0.4) is 0 Å². The van der Waals surface area contributed by atoms with Gasteiger partial charge in [0.25, 0.3) is 0 Å². The molecule has 5 rings (SSSR count). The van der Waals surface area contributed by atoms with Crippen molar-refractivity contribution >= 4 is 51.8 Å². The fourth-order valence-corrected chi connectivity index (χ4v) is 3.68. The average Bonchev–Trinajstić information content (AvgIpc) is 2.91. The number of benzene rings is 3. The normalized spacial score (nSPS) is 11.2. The van der Waals surface area contributed by atoms with Crippen LogP contribution >= 0.6 is 0 Å². The number of hydrogen-bond acceptors (Lipinski definition) is 3. The zero-order valence-electron chi connectivity index (χ0n) is 18.2. The Morgan fingerprint density at radius 3 is 1.56 bits per heavy atom. The molecule has 3 aromatic carbocycles. The molecule has 0 saturated carbocycles. The fraction of sp³-hybridized carbons (Fsp3) is 0. The third-order valence-corrected chi connectivity index (χ3v) is 5.52. The maximum Gasteiger partial charge on any atom is 0.187 e. The minimum atomic E-state index is 0.627. The maximum absolute atomic E-state index is 8.96.